The average molecular weight is 459 g/mol. The van der Waals surface area contributed by atoms with Gasteiger partial charge in [0.15, 0.2) is 6.61 Å². The maximum atomic E-state index is 13.5. The van der Waals surface area contributed by atoms with Crippen molar-refractivity contribution in [2.75, 3.05) is 13.2 Å². The van der Waals surface area contributed by atoms with E-state index in [1.165, 1.54) is 0 Å². The molecule has 178 valence electrons. The van der Waals surface area contributed by atoms with Gasteiger partial charge in [0.25, 0.3) is 5.91 Å². The average Bonchev–Trinajstić information content (AvgIpc) is 2.87. The van der Waals surface area contributed by atoms with Crippen molar-refractivity contribution in [3.63, 3.8) is 0 Å². The van der Waals surface area contributed by atoms with E-state index in [-0.39, 0.29) is 18.4 Å². The second kappa shape index (κ2) is 13.2. The van der Waals surface area contributed by atoms with Gasteiger partial charge in [-0.05, 0) is 36.6 Å². The van der Waals surface area contributed by atoms with Crippen LogP contribution in [0.25, 0.3) is 0 Å². The van der Waals surface area contributed by atoms with E-state index in [2.05, 4.69) is 12.2 Å². The second-order valence-corrected chi connectivity index (χ2v) is 8.46. The Hall–Kier alpha value is -3.60. The Morgan fingerprint density at radius 1 is 0.882 bits per heavy atom. The summed E-state index contributed by atoms with van der Waals surface area (Å²) in [6, 6.07) is 26.5. The van der Waals surface area contributed by atoms with Crippen LogP contribution in [0.5, 0.6) is 5.75 Å². The molecule has 0 aliphatic heterocycles. The van der Waals surface area contributed by atoms with Gasteiger partial charge in [0.2, 0.25) is 5.91 Å². The second-order valence-electron chi connectivity index (χ2n) is 8.46. The maximum Gasteiger partial charge on any atom is 0.261 e. The minimum atomic E-state index is -0.645. The van der Waals surface area contributed by atoms with E-state index in [1.807, 2.05) is 91.9 Å². The lowest BCUT2D eigenvalue weighted by atomic mass is 10.0. The predicted molar refractivity (Wildman–Crippen MR) is 136 cm³/mol. The molecule has 0 spiro atoms. The minimum Gasteiger partial charge on any atom is -0.484 e. The number of aryl methyl sites for hydroxylation is 1. The number of carbonyl (C=O) groups is 2. The van der Waals surface area contributed by atoms with E-state index in [1.54, 1.807) is 4.90 Å². The first-order chi connectivity index (χ1) is 16.6. The van der Waals surface area contributed by atoms with Gasteiger partial charge in [0.05, 0.1) is 0 Å². The SMILES string of the molecule is CCCCNC(=O)[C@@H](Cc1ccccc1)N(Cc1ccccc1)C(=O)COc1ccc(C)cc1. The molecular formula is C29H34N2O3. The molecule has 2 amide bonds. The number of benzene rings is 3. The zero-order chi connectivity index (χ0) is 24.2. The standard InChI is InChI=1S/C29H34N2O3/c1-3-4-19-30-29(33)27(20-24-11-7-5-8-12-24)31(21-25-13-9-6-10-14-25)28(32)22-34-26-17-15-23(2)16-18-26/h5-18,27H,3-4,19-22H2,1-2H3,(H,30,33)/t27-/m1/s1. The quantitative estimate of drug-likeness (QED) is 0.392. The zero-order valence-corrected chi connectivity index (χ0v) is 20.1. The minimum absolute atomic E-state index is 0.135. The van der Waals surface area contributed by atoms with Gasteiger partial charge < -0.3 is 15.0 Å². The summed E-state index contributed by atoms with van der Waals surface area (Å²) in [5.74, 6) is 0.263. The molecular weight excluding hydrogens is 424 g/mol. The summed E-state index contributed by atoms with van der Waals surface area (Å²) in [6.45, 7) is 4.87. The van der Waals surface area contributed by atoms with Gasteiger partial charge >= 0.3 is 0 Å². The number of ether oxygens (including phenoxy) is 1. The van der Waals surface area contributed by atoms with E-state index in [9.17, 15) is 9.59 Å². The normalized spacial score (nSPS) is 11.5. The van der Waals surface area contributed by atoms with E-state index >= 15 is 0 Å². The molecule has 5 heteroatoms. The highest BCUT2D eigenvalue weighted by Crippen LogP contribution is 2.16. The van der Waals surface area contributed by atoms with Crippen LogP contribution in [0.15, 0.2) is 84.9 Å². The molecule has 1 atom stereocenters. The van der Waals surface area contributed by atoms with Gasteiger partial charge in [0.1, 0.15) is 11.8 Å². The van der Waals surface area contributed by atoms with Crippen molar-refractivity contribution < 1.29 is 14.3 Å². The molecule has 1 N–H and O–H groups in total. The van der Waals surface area contributed by atoms with Crippen LogP contribution in [-0.4, -0.2) is 35.9 Å². The van der Waals surface area contributed by atoms with Crippen molar-refractivity contribution in [2.45, 2.75) is 45.7 Å². The van der Waals surface area contributed by atoms with Gasteiger partial charge in [-0.2, -0.15) is 0 Å². The first kappa shape index (κ1) is 25.0. The van der Waals surface area contributed by atoms with Crippen LogP contribution in [-0.2, 0) is 22.6 Å². The van der Waals surface area contributed by atoms with Crippen molar-refractivity contribution in [2.24, 2.45) is 0 Å². The third kappa shape index (κ3) is 7.77. The predicted octanol–water partition coefficient (Wildman–Crippen LogP) is 4.93. The molecule has 0 fully saturated rings. The number of unbranched alkanes of at least 4 members (excludes halogenated alkanes) is 1. The van der Waals surface area contributed by atoms with Crippen molar-refractivity contribution in [1.82, 2.24) is 10.2 Å². The molecule has 0 saturated heterocycles. The van der Waals surface area contributed by atoms with Crippen molar-refractivity contribution in [3.8, 4) is 5.75 Å². The molecule has 0 aliphatic rings. The molecule has 5 nitrogen and oxygen atoms in total. The maximum absolute atomic E-state index is 13.5. The lowest BCUT2D eigenvalue weighted by Gasteiger charge is -2.31. The van der Waals surface area contributed by atoms with Gasteiger partial charge in [-0.25, -0.2) is 0 Å². The largest absolute Gasteiger partial charge is 0.484 e. The van der Waals surface area contributed by atoms with Crippen LogP contribution in [0.1, 0.15) is 36.5 Å². The fraction of sp³-hybridized carbons (Fsp3) is 0.310. The first-order valence-electron chi connectivity index (χ1n) is 11.9. The van der Waals surface area contributed by atoms with Crippen LogP contribution in [0.2, 0.25) is 0 Å². The van der Waals surface area contributed by atoms with E-state index in [0.29, 0.717) is 25.3 Å². The molecule has 0 radical (unpaired) electrons. The van der Waals surface area contributed by atoms with Gasteiger partial charge in [-0.15, -0.1) is 0 Å². The van der Waals surface area contributed by atoms with Crippen LogP contribution in [0.4, 0.5) is 0 Å². The molecule has 3 aromatic carbocycles. The highest BCUT2D eigenvalue weighted by atomic mass is 16.5. The summed E-state index contributed by atoms with van der Waals surface area (Å²) in [7, 11) is 0. The van der Waals surface area contributed by atoms with E-state index < -0.39 is 6.04 Å². The molecule has 34 heavy (non-hydrogen) atoms. The van der Waals surface area contributed by atoms with Crippen molar-refractivity contribution >= 4 is 11.8 Å². The van der Waals surface area contributed by atoms with Crippen LogP contribution >= 0.6 is 0 Å². The third-order valence-electron chi connectivity index (χ3n) is 5.68. The topological polar surface area (TPSA) is 58.6 Å². The lowest BCUT2D eigenvalue weighted by Crippen LogP contribution is -2.51. The van der Waals surface area contributed by atoms with Crippen molar-refractivity contribution in [1.29, 1.82) is 0 Å². The van der Waals surface area contributed by atoms with E-state index in [0.717, 1.165) is 29.5 Å². The Labute approximate surface area is 202 Å². The van der Waals surface area contributed by atoms with Crippen LogP contribution in [0, 0.1) is 6.92 Å². The zero-order valence-electron chi connectivity index (χ0n) is 20.1. The fourth-order valence-electron chi connectivity index (χ4n) is 3.70. The molecule has 0 aliphatic carbocycles. The molecule has 3 aromatic rings. The molecule has 0 heterocycles. The molecule has 0 saturated carbocycles. The summed E-state index contributed by atoms with van der Waals surface area (Å²) in [6.07, 6.45) is 2.32. The third-order valence-corrected chi connectivity index (χ3v) is 5.68. The number of carbonyl (C=O) groups excluding carboxylic acids is 2. The fourth-order valence-corrected chi connectivity index (χ4v) is 3.70. The highest BCUT2D eigenvalue weighted by Gasteiger charge is 2.30. The molecule has 0 unspecified atom stereocenters. The summed E-state index contributed by atoms with van der Waals surface area (Å²) in [5.41, 5.74) is 3.09. The molecule has 3 rings (SSSR count). The Morgan fingerprint density at radius 2 is 1.50 bits per heavy atom. The Kier molecular flexibility index (Phi) is 9.71. The lowest BCUT2D eigenvalue weighted by molar-refractivity contribution is -0.142. The number of hydrogen-bond donors (Lipinski definition) is 1. The summed E-state index contributed by atoms with van der Waals surface area (Å²) >= 11 is 0. The number of amides is 2. The molecule has 0 aromatic heterocycles. The summed E-state index contributed by atoms with van der Waals surface area (Å²) < 4.78 is 5.80. The number of nitrogens with zero attached hydrogens (tertiary/aromatic N) is 1. The Bertz CT molecular complexity index is 1020. The Balaban J connectivity index is 1.85. The van der Waals surface area contributed by atoms with E-state index in [4.69, 9.17) is 4.74 Å². The monoisotopic (exact) mass is 458 g/mol. The van der Waals surface area contributed by atoms with Crippen molar-refractivity contribution in [3.05, 3.63) is 102 Å². The number of hydrogen-bond acceptors (Lipinski definition) is 3. The number of nitrogens with one attached hydrogen (secondary N) is 1. The summed E-state index contributed by atoms with van der Waals surface area (Å²) in [5, 5.41) is 3.03. The summed E-state index contributed by atoms with van der Waals surface area (Å²) in [4.78, 5) is 28.4. The smallest absolute Gasteiger partial charge is 0.261 e. The van der Waals surface area contributed by atoms with Crippen LogP contribution < -0.4 is 10.1 Å². The highest BCUT2D eigenvalue weighted by molar-refractivity contribution is 5.88. The van der Waals surface area contributed by atoms with Gasteiger partial charge in [-0.1, -0.05) is 91.7 Å². The number of rotatable bonds is 12. The van der Waals surface area contributed by atoms with Gasteiger partial charge in [0, 0.05) is 19.5 Å². The first-order valence-corrected chi connectivity index (χ1v) is 11.9. The van der Waals surface area contributed by atoms with Crippen LogP contribution in [0.3, 0.4) is 0 Å². The molecule has 0 bridgehead atoms. The van der Waals surface area contributed by atoms with Gasteiger partial charge in [-0.3, -0.25) is 9.59 Å². The Morgan fingerprint density at radius 3 is 2.12 bits per heavy atom.